The Balaban J connectivity index is 1.15. The first-order chi connectivity index (χ1) is 17.1. The molecule has 0 amide bonds. The van der Waals surface area contributed by atoms with E-state index in [4.69, 9.17) is 10.5 Å². The molecule has 1 atom stereocenters. The van der Waals surface area contributed by atoms with Crippen molar-refractivity contribution in [3.05, 3.63) is 66.0 Å². The summed E-state index contributed by atoms with van der Waals surface area (Å²) < 4.78 is 19.0. The molecule has 1 unspecified atom stereocenters. The molecule has 2 aromatic heterocycles. The van der Waals surface area contributed by atoms with Crippen molar-refractivity contribution in [2.45, 2.75) is 4.90 Å². The van der Waals surface area contributed by atoms with Crippen LogP contribution in [0.5, 0.6) is 0 Å². The van der Waals surface area contributed by atoms with Crippen LogP contribution in [0.2, 0.25) is 0 Å². The minimum absolute atomic E-state index is 0.505. The SMILES string of the molecule is Nc1nc2ccc(C=Cc3cnc(Nc4ccc(S(=O)CCN5CCOCC5)cc4)nc3)cc2s1. The van der Waals surface area contributed by atoms with Crippen LogP contribution < -0.4 is 11.1 Å². The Morgan fingerprint density at radius 2 is 1.80 bits per heavy atom. The smallest absolute Gasteiger partial charge is 0.227 e. The Hall–Kier alpha value is -3.18. The molecule has 35 heavy (non-hydrogen) atoms. The summed E-state index contributed by atoms with van der Waals surface area (Å²) in [5.41, 5.74) is 9.50. The van der Waals surface area contributed by atoms with Gasteiger partial charge in [-0.15, -0.1) is 0 Å². The first-order valence-electron chi connectivity index (χ1n) is 11.3. The van der Waals surface area contributed by atoms with Crippen molar-refractivity contribution in [3.8, 4) is 0 Å². The number of anilines is 3. The van der Waals surface area contributed by atoms with E-state index < -0.39 is 10.8 Å². The van der Waals surface area contributed by atoms with Gasteiger partial charge in [-0.3, -0.25) is 9.11 Å². The molecule has 5 rings (SSSR count). The van der Waals surface area contributed by atoms with Crippen LogP contribution in [0.3, 0.4) is 0 Å². The van der Waals surface area contributed by atoms with Crippen LogP contribution in [0.1, 0.15) is 11.1 Å². The topological polar surface area (TPSA) is 106 Å². The third-order valence-corrected chi connectivity index (χ3v) is 7.84. The van der Waals surface area contributed by atoms with E-state index in [0.29, 0.717) is 16.8 Å². The van der Waals surface area contributed by atoms with Gasteiger partial charge in [0.1, 0.15) is 0 Å². The van der Waals surface area contributed by atoms with Crippen LogP contribution in [0.4, 0.5) is 16.8 Å². The molecule has 0 saturated carbocycles. The molecular formula is C25H26N6O2S2. The number of fused-ring (bicyclic) bond motifs is 1. The molecule has 3 N–H and O–H groups in total. The average Bonchev–Trinajstić information content (AvgIpc) is 3.27. The molecule has 0 aliphatic carbocycles. The molecule has 10 heteroatoms. The minimum Gasteiger partial charge on any atom is -0.379 e. The Kier molecular flexibility index (Phi) is 7.43. The highest BCUT2D eigenvalue weighted by Gasteiger charge is 2.12. The molecule has 4 aromatic rings. The van der Waals surface area contributed by atoms with Gasteiger partial charge in [0, 0.05) is 53.9 Å². The van der Waals surface area contributed by atoms with Crippen molar-refractivity contribution < 1.29 is 8.95 Å². The highest BCUT2D eigenvalue weighted by Crippen LogP contribution is 2.25. The van der Waals surface area contributed by atoms with Gasteiger partial charge in [0.05, 0.1) is 34.2 Å². The third-order valence-electron chi connectivity index (χ3n) is 5.64. The molecule has 8 nitrogen and oxygen atoms in total. The maximum atomic E-state index is 12.6. The summed E-state index contributed by atoms with van der Waals surface area (Å²) in [4.78, 5) is 16.2. The molecule has 2 aromatic carbocycles. The van der Waals surface area contributed by atoms with Gasteiger partial charge in [-0.1, -0.05) is 29.6 Å². The summed E-state index contributed by atoms with van der Waals surface area (Å²) in [5.74, 6) is 1.13. The number of nitrogens with one attached hydrogen (secondary N) is 1. The fourth-order valence-corrected chi connectivity index (χ4v) is 5.60. The van der Waals surface area contributed by atoms with Crippen LogP contribution in [0.25, 0.3) is 22.4 Å². The van der Waals surface area contributed by atoms with Crippen molar-refractivity contribution >= 4 is 61.3 Å². The molecule has 1 fully saturated rings. The first-order valence-corrected chi connectivity index (χ1v) is 13.5. The lowest BCUT2D eigenvalue weighted by Crippen LogP contribution is -2.38. The predicted octanol–water partition coefficient (Wildman–Crippen LogP) is 4.02. The van der Waals surface area contributed by atoms with E-state index in [2.05, 4.69) is 31.2 Å². The van der Waals surface area contributed by atoms with E-state index >= 15 is 0 Å². The fraction of sp³-hybridized carbons (Fsp3) is 0.240. The summed E-state index contributed by atoms with van der Waals surface area (Å²) in [7, 11) is -1.03. The molecular weight excluding hydrogens is 480 g/mol. The van der Waals surface area contributed by atoms with Crippen molar-refractivity contribution in [1.29, 1.82) is 0 Å². The average molecular weight is 507 g/mol. The number of hydrogen-bond donors (Lipinski definition) is 2. The second-order valence-electron chi connectivity index (χ2n) is 8.11. The Bertz CT molecular complexity index is 1330. The number of aromatic nitrogens is 3. The molecule has 180 valence electrons. The number of hydrogen-bond acceptors (Lipinski definition) is 9. The lowest BCUT2D eigenvalue weighted by Gasteiger charge is -2.26. The molecule has 3 heterocycles. The summed E-state index contributed by atoms with van der Waals surface area (Å²) >= 11 is 1.48. The van der Waals surface area contributed by atoms with E-state index in [1.54, 1.807) is 12.4 Å². The summed E-state index contributed by atoms with van der Waals surface area (Å²) in [5, 5.41) is 3.77. The number of nitrogens with zero attached hydrogens (tertiary/aromatic N) is 4. The zero-order valence-electron chi connectivity index (χ0n) is 19.1. The molecule has 0 bridgehead atoms. The highest BCUT2D eigenvalue weighted by molar-refractivity contribution is 7.85. The summed E-state index contributed by atoms with van der Waals surface area (Å²) in [6.45, 7) is 4.15. The highest BCUT2D eigenvalue weighted by atomic mass is 32.2. The normalized spacial score (nSPS) is 15.5. The van der Waals surface area contributed by atoms with Crippen molar-refractivity contribution in [3.63, 3.8) is 0 Å². The second kappa shape index (κ2) is 11.0. The number of ether oxygens (including phenoxy) is 1. The van der Waals surface area contributed by atoms with Gasteiger partial charge in [0.15, 0.2) is 5.13 Å². The van der Waals surface area contributed by atoms with E-state index in [1.807, 2.05) is 48.6 Å². The van der Waals surface area contributed by atoms with Gasteiger partial charge in [0.25, 0.3) is 0 Å². The monoisotopic (exact) mass is 506 g/mol. The van der Waals surface area contributed by atoms with Crippen molar-refractivity contribution in [2.75, 3.05) is 49.7 Å². The lowest BCUT2D eigenvalue weighted by atomic mass is 10.2. The number of nitrogen functional groups attached to an aromatic ring is 1. The third kappa shape index (κ3) is 6.29. The Morgan fingerprint density at radius 1 is 1.06 bits per heavy atom. The van der Waals surface area contributed by atoms with E-state index in [1.165, 1.54) is 11.3 Å². The number of benzene rings is 2. The fourth-order valence-electron chi connectivity index (χ4n) is 3.72. The standard InChI is InChI=1S/C25H26N6O2S2/c26-24-30-22-8-3-18(15-23(22)34-24)1-2-19-16-27-25(28-17-19)29-20-4-6-21(7-5-20)35(32)14-11-31-9-12-33-13-10-31/h1-8,15-17H,9-14H2,(H2,26,30)(H,27,28,29). The van der Waals surface area contributed by atoms with Crippen LogP contribution in [0, 0.1) is 0 Å². The first kappa shape index (κ1) is 23.6. The predicted molar refractivity (Wildman–Crippen MR) is 143 cm³/mol. The van der Waals surface area contributed by atoms with E-state index in [9.17, 15) is 4.21 Å². The number of morpholine rings is 1. The quantitative estimate of drug-likeness (QED) is 0.369. The second-order valence-corrected chi connectivity index (χ2v) is 10.7. The molecule has 1 aliphatic rings. The summed E-state index contributed by atoms with van der Waals surface area (Å²) in [6.07, 6.45) is 7.52. The largest absolute Gasteiger partial charge is 0.379 e. The van der Waals surface area contributed by atoms with Gasteiger partial charge < -0.3 is 15.8 Å². The van der Waals surface area contributed by atoms with Crippen LogP contribution in [0.15, 0.2) is 59.8 Å². The van der Waals surface area contributed by atoms with Crippen molar-refractivity contribution in [2.24, 2.45) is 0 Å². The van der Waals surface area contributed by atoms with E-state index in [0.717, 1.165) is 64.8 Å². The lowest BCUT2D eigenvalue weighted by molar-refractivity contribution is 0.0409. The maximum Gasteiger partial charge on any atom is 0.227 e. The van der Waals surface area contributed by atoms with Gasteiger partial charge in [-0.05, 0) is 42.0 Å². The van der Waals surface area contributed by atoms with Crippen LogP contribution in [-0.4, -0.2) is 62.7 Å². The molecule has 1 aliphatic heterocycles. The van der Waals surface area contributed by atoms with Gasteiger partial charge in [-0.25, -0.2) is 15.0 Å². The molecule has 1 saturated heterocycles. The number of nitrogens with two attached hydrogens (primary N) is 1. The Labute approximate surface area is 210 Å². The van der Waals surface area contributed by atoms with Crippen molar-refractivity contribution in [1.82, 2.24) is 19.9 Å². The zero-order valence-corrected chi connectivity index (χ0v) is 20.7. The Morgan fingerprint density at radius 3 is 2.57 bits per heavy atom. The van der Waals surface area contributed by atoms with Gasteiger partial charge in [0.2, 0.25) is 5.95 Å². The van der Waals surface area contributed by atoms with Crippen LogP contribution >= 0.6 is 11.3 Å². The maximum absolute atomic E-state index is 12.6. The zero-order chi connectivity index (χ0) is 24.0. The van der Waals surface area contributed by atoms with Gasteiger partial charge >= 0.3 is 0 Å². The van der Waals surface area contributed by atoms with E-state index in [-0.39, 0.29) is 0 Å². The number of thiazole rings is 1. The summed E-state index contributed by atoms with van der Waals surface area (Å²) in [6, 6.07) is 13.6. The van der Waals surface area contributed by atoms with Gasteiger partial charge in [-0.2, -0.15) is 0 Å². The molecule has 0 spiro atoms. The van der Waals surface area contributed by atoms with Crippen LogP contribution in [-0.2, 0) is 15.5 Å². The molecule has 0 radical (unpaired) electrons. The minimum atomic E-state index is -1.03. The number of rotatable bonds is 8.